The number of carbonyl (C=O) groups is 1. The number of hydrogen-bond donors (Lipinski definition) is 4. The van der Waals surface area contributed by atoms with Crippen LogP contribution in [0.1, 0.15) is 102 Å². The van der Waals surface area contributed by atoms with Crippen LogP contribution in [0.5, 0.6) is 34.9 Å². The van der Waals surface area contributed by atoms with E-state index in [1.165, 1.54) is 23.5 Å². The maximum Gasteiger partial charge on any atom is 0.421 e. The van der Waals surface area contributed by atoms with Gasteiger partial charge in [0, 0.05) is 24.5 Å². The zero-order chi connectivity index (χ0) is 75.1. The van der Waals surface area contributed by atoms with Crippen molar-refractivity contribution in [3.8, 4) is 65.2 Å². The van der Waals surface area contributed by atoms with E-state index in [9.17, 15) is 10.1 Å². The average molecular weight is 1750 g/mol. The van der Waals surface area contributed by atoms with Gasteiger partial charge in [0.05, 0.1) is 95.9 Å². The second-order valence-electron chi connectivity index (χ2n) is 22.2. The number of nitrogens with two attached hydrogens (primary N) is 2. The number of nitrogen functional groups attached to an aromatic ring is 1. The van der Waals surface area contributed by atoms with Gasteiger partial charge in [-0.3, -0.25) is 5.41 Å². The Morgan fingerprint density at radius 3 is 1.38 bits per heavy atom. The molecular weight excluding hydrogens is 1680 g/mol. The molecule has 4 aromatic heterocycles. The number of aryl methyl sites for hydroxylation is 6. The van der Waals surface area contributed by atoms with E-state index in [0.29, 0.717) is 97.5 Å². The van der Waals surface area contributed by atoms with Crippen LogP contribution in [0.2, 0.25) is 15.7 Å². The molecule has 0 aliphatic rings. The molecule has 4 heterocycles. The predicted octanol–water partition coefficient (Wildman–Crippen LogP) is 21.3. The van der Waals surface area contributed by atoms with Gasteiger partial charge in [-0.15, -0.1) is 12.4 Å². The standard InChI is InChI=1S/C25H22BrN5O3.C20H15BrN6O.C13H9BrClN3O.C9H9N3.C4HBrCl2N2.2CH4.ClH/c1-15-10-18(13-28)11-16(2)21(15)33-22-20(26)14-29-23(30-22)31(24(32)34-25(3,4)5)19-8-6-17(12-27)7-9-19;1-11-7-14(10-23)8-12(2)17(11)28-19-16(21)18(24)26-20(27-19)25-15-5-3-13(9-22)4-6-15;1-7-3-9(5-16)4-8(2)11(7)19-12-10(14)6-17-13(15)18-12;1-12-8-4-2-7(3-5-8)6-9(10)11;5-2-1-8-4(7)9-3(2)6;;;/h6-11,14H,1-5H3;3-8H,1-2H3,(H3,24,25,26,27);3-4,6H,1-2H3;2-5H,6H2,(H3,10,11);1H;2*1H4;1H. The normalized spacial score (nSPS) is 9.81. The quantitative estimate of drug-likeness (QED) is 0.0290. The summed E-state index contributed by atoms with van der Waals surface area (Å²) >= 11 is 29.8. The monoisotopic (exact) mass is 1740 g/mol. The summed E-state index contributed by atoms with van der Waals surface area (Å²) in [7, 11) is 0. The number of carbonyl (C=O) groups excluding carboxylic acids is 1. The van der Waals surface area contributed by atoms with Gasteiger partial charge < -0.3 is 35.7 Å². The van der Waals surface area contributed by atoms with Crippen LogP contribution in [0.25, 0.3) is 4.85 Å². The third-order valence-corrected chi connectivity index (χ3v) is 16.3. The van der Waals surface area contributed by atoms with E-state index in [0.717, 1.165) is 38.9 Å². The van der Waals surface area contributed by atoms with E-state index >= 15 is 0 Å². The molecule has 0 aliphatic carbocycles. The molecule has 32 heteroatoms. The maximum atomic E-state index is 13.1. The highest BCUT2D eigenvalue weighted by molar-refractivity contribution is 9.11. The van der Waals surface area contributed by atoms with Gasteiger partial charge >= 0.3 is 6.09 Å². The zero-order valence-corrected chi connectivity index (χ0v) is 65.2. The van der Waals surface area contributed by atoms with Crippen molar-refractivity contribution >= 4 is 158 Å². The van der Waals surface area contributed by atoms with Gasteiger partial charge in [-0.05, 0) is 273 Å². The summed E-state index contributed by atoms with van der Waals surface area (Å²) in [5, 5.41) is 55.9. The molecule has 1 amide bonds. The molecule has 0 fully saturated rings. The number of nitrogens with zero attached hydrogens (tertiary/aromatic N) is 15. The topological polar surface area (TPSA) is 372 Å². The summed E-state index contributed by atoms with van der Waals surface area (Å²) in [4.78, 5) is 50.1. The van der Waals surface area contributed by atoms with E-state index in [1.807, 2.05) is 53.7 Å². The molecule has 0 radical (unpaired) electrons. The van der Waals surface area contributed by atoms with Crippen molar-refractivity contribution in [3.05, 3.63) is 240 Å². The van der Waals surface area contributed by atoms with Crippen molar-refractivity contribution in [1.29, 1.82) is 31.7 Å². The number of hydrogen-bond acceptors (Lipinski definition) is 21. The molecule has 10 aromatic rings. The first-order chi connectivity index (χ1) is 48.3. The predicted molar refractivity (Wildman–Crippen MR) is 423 cm³/mol. The van der Waals surface area contributed by atoms with Crippen molar-refractivity contribution in [2.45, 2.75) is 89.2 Å². The minimum absolute atomic E-state index is 0. The summed E-state index contributed by atoms with van der Waals surface area (Å²) in [6, 6.07) is 41.3. The summed E-state index contributed by atoms with van der Waals surface area (Å²) in [5.41, 5.74) is 20.7. The Morgan fingerprint density at radius 1 is 0.581 bits per heavy atom. The SMILES string of the molecule is C.C.Cc1cc(C#N)cc(C)c1Oc1nc(Cl)ncc1Br.Cc1cc(C#N)cc(C)c1Oc1nc(N(C(=O)OC(C)(C)C)c2ccc(C#N)cc2)ncc1Br.Cc1cc(C#N)cc(C)c1Oc1nc(Nc2ccc(C#N)cc2)nc(N)c1Br.Cl.Clc1ncc(Br)c(Cl)n1.[C-]#[N+]c1ccc(CC(=N)N)cc1. The highest BCUT2D eigenvalue weighted by atomic mass is 79.9. The number of nitriles is 5. The number of nitrogens with one attached hydrogen (secondary N) is 2. The lowest BCUT2D eigenvalue weighted by Crippen LogP contribution is -2.34. The van der Waals surface area contributed by atoms with Gasteiger partial charge in [0.2, 0.25) is 40.1 Å². The highest BCUT2D eigenvalue weighted by Crippen LogP contribution is 2.39. The molecule has 6 N–H and O–H groups in total. The summed E-state index contributed by atoms with van der Waals surface area (Å²) in [6.07, 6.45) is 4.28. The van der Waals surface area contributed by atoms with Crippen molar-refractivity contribution in [1.82, 2.24) is 39.9 Å². The number of aromatic nitrogens is 8. The van der Waals surface area contributed by atoms with Crippen molar-refractivity contribution < 1.29 is 23.7 Å². The van der Waals surface area contributed by atoms with Crippen LogP contribution in [0.15, 0.2) is 146 Å². The van der Waals surface area contributed by atoms with Crippen molar-refractivity contribution in [2.75, 3.05) is 16.0 Å². The lowest BCUT2D eigenvalue weighted by atomic mass is 10.1. The van der Waals surface area contributed by atoms with E-state index in [2.05, 4.69) is 144 Å². The molecule has 10 rings (SSSR count). The highest BCUT2D eigenvalue weighted by Gasteiger charge is 2.29. The van der Waals surface area contributed by atoms with Gasteiger partial charge in [-0.25, -0.2) is 34.5 Å². The Morgan fingerprint density at radius 2 is 0.981 bits per heavy atom. The van der Waals surface area contributed by atoms with E-state index in [1.54, 1.807) is 118 Å². The molecule has 0 atom stereocenters. The first kappa shape index (κ1) is 88.6. The number of anilines is 5. The Kier molecular flexibility index (Phi) is 35.1. The Labute approximate surface area is 663 Å². The second kappa shape index (κ2) is 41.6. The molecule has 0 bridgehead atoms. The van der Waals surface area contributed by atoms with Crippen molar-refractivity contribution in [2.24, 2.45) is 5.73 Å². The second-order valence-corrected chi connectivity index (χ2v) is 26.6. The molecule has 538 valence electrons. The van der Waals surface area contributed by atoms with Gasteiger partial charge in [-0.2, -0.15) is 46.2 Å². The average Bonchev–Trinajstić information content (AvgIpc) is 0.804. The van der Waals surface area contributed by atoms with Gasteiger partial charge in [0.25, 0.3) is 0 Å². The molecule has 0 saturated carbocycles. The fraction of sp³-hybridized carbons (Fsp3) is 0.178. The lowest BCUT2D eigenvalue weighted by Gasteiger charge is -2.26. The summed E-state index contributed by atoms with van der Waals surface area (Å²) in [5.74, 6) is 3.22. The van der Waals surface area contributed by atoms with Crippen LogP contribution in [-0.2, 0) is 11.2 Å². The van der Waals surface area contributed by atoms with Crippen LogP contribution in [0, 0.1) is 110 Å². The fourth-order valence-corrected chi connectivity index (χ4v) is 10.0. The van der Waals surface area contributed by atoms with Gasteiger partial charge in [0.1, 0.15) is 38.3 Å². The molecule has 0 unspecified atom stereocenters. The van der Waals surface area contributed by atoms with Crippen LogP contribution in [0.3, 0.4) is 0 Å². The molecule has 6 aromatic carbocycles. The maximum absolute atomic E-state index is 13.1. The number of benzene rings is 6. The third kappa shape index (κ3) is 26.6. The molecule has 0 saturated heterocycles. The smallest absolute Gasteiger partial charge is 0.421 e. The zero-order valence-electron chi connectivity index (χ0n) is 55.8. The first-order valence-corrected chi connectivity index (χ1v) is 33.7. The molecule has 105 heavy (non-hydrogen) atoms. The van der Waals surface area contributed by atoms with E-state index < -0.39 is 11.7 Å². The van der Waals surface area contributed by atoms with Gasteiger partial charge in [-0.1, -0.05) is 50.7 Å². The molecule has 24 nitrogen and oxygen atoms in total. The van der Waals surface area contributed by atoms with Crippen LogP contribution in [-0.4, -0.2) is 57.4 Å². The number of amidine groups is 1. The third-order valence-electron chi connectivity index (χ3n) is 13.0. The Hall–Kier alpha value is -10.6. The molecular formula is C73H65Br4Cl4N19O5. The van der Waals surface area contributed by atoms with Crippen LogP contribution < -0.4 is 35.9 Å². The number of rotatable bonds is 12. The largest absolute Gasteiger partial charge is 0.443 e. The van der Waals surface area contributed by atoms with Crippen LogP contribution >= 0.6 is 111 Å². The Balaban J connectivity index is 0.000000362. The van der Waals surface area contributed by atoms with Gasteiger partial charge in [0.15, 0.2) is 5.69 Å². The molecule has 0 spiro atoms. The van der Waals surface area contributed by atoms with E-state index in [4.69, 9.17) is 98.2 Å². The number of ether oxygens (including phenoxy) is 4. The Bertz CT molecular complexity index is 4970. The van der Waals surface area contributed by atoms with Crippen molar-refractivity contribution in [3.63, 3.8) is 0 Å². The summed E-state index contributed by atoms with van der Waals surface area (Å²) in [6.45, 7) is 23.1. The van der Waals surface area contributed by atoms with E-state index in [-0.39, 0.29) is 73.1 Å². The number of halogens is 8. The molecule has 0 aliphatic heterocycles. The first-order valence-electron chi connectivity index (χ1n) is 29.4. The lowest BCUT2D eigenvalue weighted by molar-refractivity contribution is 0.0597. The fourth-order valence-electron chi connectivity index (χ4n) is 8.60. The minimum Gasteiger partial charge on any atom is -0.443 e. The van der Waals surface area contributed by atoms with Crippen LogP contribution in [0.4, 0.5) is 39.6 Å². The number of amides is 1. The summed E-state index contributed by atoms with van der Waals surface area (Å²) < 4.78 is 25.6. The minimum atomic E-state index is -0.757.